The van der Waals surface area contributed by atoms with Gasteiger partial charge < -0.3 is 25.3 Å². The molecule has 7 nitrogen and oxygen atoms in total. The zero-order valence-corrected chi connectivity index (χ0v) is 24.6. The van der Waals surface area contributed by atoms with Crippen LogP contribution in [0.4, 0.5) is 0 Å². The number of carbonyl (C=O) groups is 2. The molecule has 9 heteroatoms. The van der Waals surface area contributed by atoms with Gasteiger partial charge in [-0.25, -0.2) is 0 Å². The minimum Gasteiger partial charge on any atom is -0.350 e. The van der Waals surface area contributed by atoms with Crippen LogP contribution in [0.2, 0.25) is 10.0 Å². The van der Waals surface area contributed by atoms with Crippen molar-refractivity contribution in [1.29, 1.82) is 0 Å². The SMILES string of the molecule is CCC(CN1CCC(CNC(=O)c2ccc(Cl)c(Cl)c2)NC(CCN2CCN(C)CC2)C1=O)c1ccccc1. The second kappa shape index (κ2) is 14.5. The molecule has 2 aromatic rings. The number of nitrogens with one attached hydrogen (secondary N) is 2. The summed E-state index contributed by atoms with van der Waals surface area (Å²) in [5, 5.41) is 7.42. The van der Waals surface area contributed by atoms with E-state index >= 15 is 0 Å². The van der Waals surface area contributed by atoms with E-state index in [1.165, 1.54) is 5.56 Å². The van der Waals surface area contributed by atoms with Crippen molar-refractivity contribution < 1.29 is 9.59 Å². The minimum absolute atomic E-state index is 0.0139. The van der Waals surface area contributed by atoms with E-state index in [0.717, 1.165) is 52.0 Å². The highest BCUT2D eigenvalue weighted by Crippen LogP contribution is 2.24. The summed E-state index contributed by atoms with van der Waals surface area (Å²) in [5.74, 6) is 0.253. The van der Waals surface area contributed by atoms with Crippen LogP contribution in [0.1, 0.15) is 48.0 Å². The Hall–Kier alpha value is -2.16. The van der Waals surface area contributed by atoms with Crippen LogP contribution in [0.5, 0.6) is 0 Å². The molecule has 2 saturated heterocycles. The predicted molar refractivity (Wildman–Crippen MR) is 159 cm³/mol. The molecule has 2 amide bonds. The van der Waals surface area contributed by atoms with E-state index in [2.05, 4.69) is 58.7 Å². The molecule has 0 aliphatic carbocycles. The van der Waals surface area contributed by atoms with Gasteiger partial charge in [-0.3, -0.25) is 9.59 Å². The fourth-order valence-corrected chi connectivity index (χ4v) is 5.73. The van der Waals surface area contributed by atoms with Crippen molar-refractivity contribution in [2.24, 2.45) is 0 Å². The molecule has 2 aliphatic heterocycles. The molecule has 0 radical (unpaired) electrons. The molecule has 2 aromatic carbocycles. The van der Waals surface area contributed by atoms with Gasteiger partial charge in [0.25, 0.3) is 5.91 Å². The summed E-state index contributed by atoms with van der Waals surface area (Å²) in [6.45, 7) is 9.01. The van der Waals surface area contributed by atoms with Crippen molar-refractivity contribution in [3.05, 3.63) is 69.7 Å². The molecule has 3 atom stereocenters. The maximum Gasteiger partial charge on any atom is 0.251 e. The average Bonchev–Trinajstić information content (AvgIpc) is 3.10. The average molecular weight is 575 g/mol. The lowest BCUT2D eigenvalue weighted by Crippen LogP contribution is -2.51. The maximum absolute atomic E-state index is 13.8. The van der Waals surface area contributed by atoms with Crippen molar-refractivity contribution in [3.8, 4) is 0 Å². The van der Waals surface area contributed by atoms with Crippen molar-refractivity contribution in [2.45, 2.75) is 44.2 Å². The number of halogens is 2. The van der Waals surface area contributed by atoms with Crippen LogP contribution in [0.3, 0.4) is 0 Å². The predicted octanol–water partition coefficient (Wildman–Crippen LogP) is 4.11. The molecule has 4 rings (SSSR count). The number of nitrogens with zero attached hydrogens (tertiary/aromatic N) is 3. The smallest absolute Gasteiger partial charge is 0.251 e. The monoisotopic (exact) mass is 573 g/mol. The minimum atomic E-state index is -0.285. The Labute approximate surface area is 242 Å². The number of amides is 2. The standard InChI is InChI=1S/C30H41Cl2N5O2/c1-3-22(23-7-5-4-6-8-23)21-37-14-11-25(20-33-29(38)24-9-10-26(31)27(32)19-24)34-28(30(37)39)12-13-36-17-15-35(2)16-18-36/h4-10,19,22,25,28,34H,3,11-18,20-21H2,1-2H3,(H,33,38). The zero-order chi connectivity index (χ0) is 27.8. The van der Waals surface area contributed by atoms with Gasteiger partial charge in [0, 0.05) is 69.9 Å². The third kappa shape index (κ3) is 8.41. The largest absolute Gasteiger partial charge is 0.350 e. The van der Waals surface area contributed by atoms with Crippen LogP contribution in [-0.4, -0.2) is 98.0 Å². The number of rotatable bonds is 10. The van der Waals surface area contributed by atoms with Crippen molar-refractivity contribution >= 4 is 35.0 Å². The van der Waals surface area contributed by atoms with Gasteiger partial charge in [0.05, 0.1) is 16.1 Å². The second-order valence-corrected chi connectivity index (χ2v) is 11.6. The maximum atomic E-state index is 13.8. The van der Waals surface area contributed by atoms with Crippen molar-refractivity contribution in [2.75, 3.05) is 59.4 Å². The number of hydrogen-bond donors (Lipinski definition) is 2. The normalized spacial score (nSPS) is 21.9. The number of likely N-dealkylation sites (N-methyl/N-ethyl adjacent to an activating group) is 1. The summed E-state index contributed by atoms with van der Waals surface area (Å²) in [5.41, 5.74) is 1.74. The van der Waals surface area contributed by atoms with Crippen LogP contribution in [0, 0.1) is 0 Å². The zero-order valence-electron chi connectivity index (χ0n) is 23.0. The first-order valence-electron chi connectivity index (χ1n) is 14.1. The topological polar surface area (TPSA) is 67.9 Å². The summed E-state index contributed by atoms with van der Waals surface area (Å²) in [4.78, 5) is 33.5. The number of carbonyl (C=O) groups excluding carboxylic acids is 2. The first-order chi connectivity index (χ1) is 18.8. The first-order valence-corrected chi connectivity index (χ1v) is 14.8. The molecule has 0 saturated carbocycles. The van der Waals surface area contributed by atoms with E-state index in [4.69, 9.17) is 23.2 Å². The van der Waals surface area contributed by atoms with E-state index < -0.39 is 0 Å². The molecule has 0 aromatic heterocycles. The fourth-order valence-electron chi connectivity index (χ4n) is 5.43. The Bertz CT molecular complexity index is 1090. The van der Waals surface area contributed by atoms with Gasteiger partial charge in [-0.1, -0.05) is 60.5 Å². The van der Waals surface area contributed by atoms with Crippen molar-refractivity contribution in [1.82, 2.24) is 25.3 Å². The van der Waals surface area contributed by atoms with Crippen LogP contribution >= 0.6 is 23.2 Å². The van der Waals surface area contributed by atoms with E-state index in [0.29, 0.717) is 41.2 Å². The highest BCUT2D eigenvalue weighted by molar-refractivity contribution is 6.42. The molecule has 3 unspecified atom stereocenters. The van der Waals surface area contributed by atoms with Gasteiger partial charge in [-0.15, -0.1) is 0 Å². The number of piperazine rings is 1. The Kier molecular flexibility index (Phi) is 11.1. The summed E-state index contributed by atoms with van der Waals surface area (Å²) in [6.07, 6.45) is 2.48. The summed E-state index contributed by atoms with van der Waals surface area (Å²) < 4.78 is 0. The Morgan fingerprint density at radius 3 is 2.49 bits per heavy atom. The summed E-state index contributed by atoms with van der Waals surface area (Å²) in [7, 11) is 2.15. The molecule has 0 spiro atoms. The molecule has 2 aliphatic rings. The van der Waals surface area contributed by atoms with Crippen LogP contribution in [0.15, 0.2) is 48.5 Å². The van der Waals surface area contributed by atoms with E-state index in [1.54, 1.807) is 18.2 Å². The first kappa shape index (κ1) is 29.8. The number of hydrogen-bond acceptors (Lipinski definition) is 5. The van der Waals surface area contributed by atoms with Gasteiger partial charge in [-0.2, -0.15) is 0 Å². The van der Waals surface area contributed by atoms with Gasteiger partial charge in [-0.05, 0) is 50.1 Å². The third-order valence-corrected chi connectivity index (χ3v) is 8.76. The molecule has 2 N–H and O–H groups in total. The fraction of sp³-hybridized carbons (Fsp3) is 0.533. The van der Waals surface area contributed by atoms with Crippen LogP contribution in [-0.2, 0) is 4.79 Å². The van der Waals surface area contributed by atoms with Crippen LogP contribution < -0.4 is 10.6 Å². The molecule has 2 heterocycles. The lowest BCUT2D eigenvalue weighted by atomic mass is 9.95. The van der Waals surface area contributed by atoms with Crippen molar-refractivity contribution in [3.63, 3.8) is 0 Å². The van der Waals surface area contributed by atoms with E-state index in [-0.39, 0.29) is 23.9 Å². The summed E-state index contributed by atoms with van der Waals surface area (Å²) in [6, 6.07) is 15.0. The van der Waals surface area contributed by atoms with Gasteiger partial charge in [0.2, 0.25) is 5.91 Å². The Morgan fingerprint density at radius 1 is 1.05 bits per heavy atom. The van der Waals surface area contributed by atoms with Gasteiger partial charge in [0.15, 0.2) is 0 Å². The molecular weight excluding hydrogens is 533 g/mol. The molecule has 39 heavy (non-hydrogen) atoms. The Morgan fingerprint density at radius 2 is 1.79 bits per heavy atom. The third-order valence-electron chi connectivity index (χ3n) is 8.02. The second-order valence-electron chi connectivity index (χ2n) is 10.8. The lowest BCUT2D eigenvalue weighted by molar-refractivity contribution is -0.133. The highest BCUT2D eigenvalue weighted by Gasteiger charge is 2.32. The molecule has 2 fully saturated rings. The number of benzene rings is 2. The van der Waals surface area contributed by atoms with Crippen LogP contribution in [0.25, 0.3) is 0 Å². The lowest BCUT2D eigenvalue weighted by Gasteiger charge is -2.34. The molecule has 0 bridgehead atoms. The molecular formula is C30H41Cl2N5O2. The van der Waals surface area contributed by atoms with E-state index in [1.807, 2.05) is 11.0 Å². The summed E-state index contributed by atoms with van der Waals surface area (Å²) >= 11 is 12.1. The highest BCUT2D eigenvalue weighted by atomic mass is 35.5. The Balaban J connectivity index is 1.43. The quantitative estimate of drug-likeness (QED) is 0.447. The van der Waals surface area contributed by atoms with E-state index in [9.17, 15) is 9.59 Å². The molecule has 212 valence electrons. The van der Waals surface area contributed by atoms with Gasteiger partial charge in [0.1, 0.15) is 0 Å². The van der Waals surface area contributed by atoms with Gasteiger partial charge >= 0.3 is 0 Å².